The van der Waals surface area contributed by atoms with E-state index in [-0.39, 0.29) is 24.0 Å². The van der Waals surface area contributed by atoms with Crippen molar-refractivity contribution in [2.24, 2.45) is 11.7 Å². The second kappa shape index (κ2) is 13.8. The van der Waals surface area contributed by atoms with E-state index in [9.17, 15) is 24.3 Å². The molecule has 0 spiro atoms. The summed E-state index contributed by atoms with van der Waals surface area (Å²) in [6.45, 7) is 4.57. The van der Waals surface area contributed by atoms with Gasteiger partial charge in [0, 0.05) is 0 Å². The van der Waals surface area contributed by atoms with E-state index in [1.165, 1.54) is 6.92 Å². The summed E-state index contributed by atoms with van der Waals surface area (Å²) in [4.78, 5) is 49.2. The molecule has 0 saturated carbocycles. The van der Waals surface area contributed by atoms with Crippen LogP contribution in [0.15, 0.2) is 30.3 Å². The van der Waals surface area contributed by atoms with E-state index >= 15 is 0 Å². The Hall–Kier alpha value is -2.49. The molecule has 3 amide bonds. The molecule has 0 aromatic heterocycles. The number of nitrogens with one attached hydrogen (secondary N) is 3. The molecule has 1 rings (SSSR count). The number of ketones is 1. The predicted octanol–water partition coefficient (Wildman–Crippen LogP) is -0.123. The summed E-state index contributed by atoms with van der Waals surface area (Å²) in [6, 6.07) is 5.17. The Balaban J connectivity index is 2.65. The van der Waals surface area contributed by atoms with E-state index in [1.54, 1.807) is 0 Å². The van der Waals surface area contributed by atoms with Crippen LogP contribution in [0.5, 0.6) is 0 Å². The highest BCUT2D eigenvalue weighted by Crippen LogP contribution is 2.07. The smallest absolute Gasteiger partial charge is 0.245 e. The monoisotopic (exact) mass is 468 g/mol. The lowest BCUT2D eigenvalue weighted by Crippen LogP contribution is -2.57. The summed E-state index contributed by atoms with van der Waals surface area (Å²) in [5.74, 6) is -2.34. The maximum absolute atomic E-state index is 12.5. The van der Waals surface area contributed by atoms with Crippen molar-refractivity contribution in [3.8, 4) is 0 Å². The van der Waals surface area contributed by atoms with Crippen molar-refractivity contribution < 1.29 is 24.3 Å². The molecule has 0 aliphatic heterocycles. The number of hydrogen-bond acceptors (Lipinski definition) is 6. The van der Waals surface area contributed by atoms with Gasteiger partial charge in [-0.3, -0.25) is 19.2 Å². The first-order chi connectivity index (χ1) is 15.1. The summed E-state index contributed by atoms with van der Waals surface area (Å²) in [7, 11) is 0. The molecule has 10 heteroatoms. The van der Waals surface area contributed by atoms with Gasteiger partial charge in [0.1, 0.15) is 12.1 Å². The fraction of sp³-hybridized carbons (Fsp3) is 0.545. The second-order valence-electron chi connectivity index (χ2n) is 8.06. The molecule has 0 aliphatic rings. The third kappa shape index (κ3) is 9.33. The molecule has 4 atom stereocenters. The molecule has 0 unspecified atom stereocenters. The van der Waals surface area contributed by atoms with Gasteiger partial charge in [0.2, 0.25) is 17.7 Å². The molecular formula is C22H33ClN4O5. The molecule has 1 aromatic carbocycles. The molecule has 178 valence electrons. The first-order valence-electron chi connectivity index (χ1n) is 10.5. The number of carbonyl (C=O) groups excluding carboxylic acids is 4. The van der Waals surface area contributed by atoms with Crippen molar-refractivity contribution in [2.75, 3.05) is 12.5 Å². The number of halogens is 1. The number of hydrogen-bond donors (Lipinski definition) is 5. The van der Waals surface area contributed by atoms with Gasteiger partial charge >= 0.3 is 0 Å². The fourth-order valence-corrected chi connectivity index (χ4v) is 3.13. The van der Waals surface area contributed by atoms with Crippen molar-refractivity contribution >= 4 is 35.1 Å². The minimum atomic E-state index is -1.28. The second-order valence-corrected chi connectivity index (χ2v) is 8.33. The molecule has 0 fully saturated rings. The fourth-order valence-electron chi connectivity index (χ4n) is 2.95. The zero-order valence-electron chi connectivity index (χ0n) is 18.6. The van der Waals surface area contributed by atoms with E-state index in [1.807, 2.05) is 44.2 Å². The van der Waals surface area contributed by atoms with Gasteiger partial charge in [0.15, 0.2) is 5.78 Å². The van der Waals surface area contributed by atoms with Gasteiger partial charge in [0.05, 0.1) is 24.6 Å². The highest BCUT2D eigenvalue weighted by atomic mass is 35.5. The number of Topliss-reactive ketones (excluding diaryl/α,β-unsaturated/α-hetero) is 1. The van der Waals surface area contributed by atoms with Crippen LogP contribution in [0.3, 0.4) is 0 Å². The maximum Gasteiger partial charge on any atom is 0.245 e. The molecule has 0 saturated heterocycles. The number of carbonyl (C=O) groups is 4. The average Bonchev–Trinajstić information content (AvgIpc) is 2.76. The number of aliphatic hydroxyl groups excluding tert-OH is 1. The van der Waals surface area contributed by atoms with Crippen LogP contribution in [0.2, 0.25) is 0 Å². The van der Waals surface area contributed by atoms with E-state index in [0.29, 0.717) is 6.42 Å². The molecule has 0 aliphatic carbocycles. The van der Waals surface area contributed by atoms with Crippen molar-refractivity contribution in [1.82, 2.24) is 16.0 Å². The number of benzene rings is 1. The van der Waals surface area contributed by atoms with Crippen molar-refractivity contribution in [3.63, 3.8) is 0 Å². The lowest BCUT2D eigenvalue weighted by molar-refractivity contribution is -0.133. The lowest BCUT2D eigenvalue weighted by atomic mass is 10.0. The highest BCUT2D eigenvalue weighted by molar-refractivity contribution is 6.28. The largest absolute Gasteiger partial charge is 0.394 e. The summed E-state index contributed by atoms with van der Waals surface area (Å²) in [5, 5.41) is 17.0. The number of nitrogens with two attached hydrogens (primary N) is 1. The maximum atomic E-state index is 12.5. The lowest BCUT2D eigenvalue weighted by Gasteiger charge is -2.23. The first-order valence-corrected chi connectivity index (χ1v) is 11.0. The Bertz CT molecular complexity index is 775. The van der Waals surface area contributed by atoms with E-state index in [4.69, 9.17) is 17.3 Å². The first kappa shape index (κ1) is 27.5. The zero-order valence-corrected chi connectivity index (χ0v) is 19.4. The summed E-state index contributed by atoms with van der Waals surface area (Å²) < 4.78 is 0. The topological polar surface area (TPSA) is 151 Å². The molecule has 9 nitrogen and oxygen atoms in total. The molecule has 6 N–H and O–H groups in total. The predicted molar refractivity (Wildman–Crippen MR) is 122 cm³/mol. The Morgan fingerprint density at radius 1 is 0.938 bits per heavy atom. The van der Waals surface area contributed by atoms with E-state index in [2.05, 4.69) is 16.0 Å². The SMILES string of the molecule is CC(C)C[C@H](NC(=O)[C@H](C)NC(=O)[C@H](CO)NC(=O)[C@@H](N)Cc1ccccc1)C(=O)CCl. The van der Waals surface area contributed by atoms with Crippen LogP contribution in [0, 0.1) is 5.92 Å². The minimum Gasteiger partial charge on any atom is -0.394 e. The number of amides is 3. The normalized spacial score (nSPS) is 14.7. The Morgan fingerprint density at radius 2 is 1.53 bits per heavy atom. The zero-order chi connectivity index (χ0) is 24.3. The minimum absolute atomic E-state index is 0.145. The molecule has 0 radical (unpaired) electrons. The van der Waals surface area contributed by atoms with Gasteiger partial charge in [-0.1, -0.05) is 44.2 Å². The molecule has 0 bridgehead atoms. The molecular weight excluding hydrogens is 436 g/mol. The van der Waals surface area contributed by atoms with Crippen LogP contribution in [0.4, 0.5) is 0 Å². The van der Waals surface area contributed by atoms with Gasteiger partial charge in [-0.25, -0.2) is 0 Å². The highest BCUT2D eigenvalue weighted by Gasteiger charge is 2.28. The summed E-state index contributed by atoms with van der Waals surface area (Å²) in [5.41, 5.74) is 6.76. The van der Waals surface area contributed by atoms with Gasteiger partial charge < -0.3 is 26.8 Å². The van der Waals surface area contributed by atoms with Crippen LogP contribution in [0.1, 0.15) is 32.8 Å². The van der Waals surface area contributed by atoms with Gasteiger partial charge in [-0.05, 0) is 31.2 Å². The van der Waals surface area contributed by atoms with Gasteiger partial charge in [0.25, 0.3) is 0 Å². The van der Waals surface area contributed by atoms with Crippen LogP contribution >= 0.6 is 11.6 Å². The standard InChI is InChI=1S/C22H33ClN4O5/c1-13(2)9-17(19(29)11-23)26-20(30)14(3)25-22(32)18(12-28)27-21(31)16(24)10-15-7-5-4-6-8-15/h4-8,13-14,16-18,28H,9-12,24H2,1-3H3,(H,25,32)(H,26,30)(H,27,31)/t14-,16-,17-,18-/m0/s1. The number of rotatable bonds is 13. The Kier molecular flexibility index (Phi) is 11.9. The summed E-state index contributed by atoms with van der Waals surface area (Å²) >= 11 is 5.61. The van der Waals surface area contributed by atoms with E-state index < -0.39 is 48.5 Å². The Labute approximate surface area is 193 Å². The number of alkyl halides is 1. The Morgan fingerprint density at radius 3 is 2.06 bits per heavy atom. The number of aliphatic hydroxyl groups is 1. The quantitative estimate of drug-likeness (QED) is 0.254. The molecule has 32 heavy (non-hydrogen) atoms. The van der Waals surface area contributed by atoms with Crippen molar-refractivity contribution in [2.45, 2.75) is 57.8 Å². The van der Waals surface area contributed by atoms with Crippen LogP contribution in [-0.4, -0.2) is 65.3 Å². The van der Waals surface area contributed by atoms with Crippen LogP contribution in [-0.2, 0) is 25.6 Å². The van der Waals surface area contributed by atoms with Crippen LogP contribution in [0.25, 0.3) is 0 Å². The van der Waals surface area contributed by atoms with E-state index in [0.717, 1.165) is 5.56 Å². The molecule has 1 aromatic rings. The van der Waals surface area contributed by atoms with Crippen molar-refractivity contribution in [1.29, 1.82) is 0 Å². The van der Waals surface area contributed by atoms with Crippen molar-refractivity contribution in [3.05, 3.63) is 35.9 Å². The van der Waals surface area contributed by atoms with Gasteiger partial charge in [-0.2, -0.15) is 0 Å². The molecule has 0 heterocycles. The third-order valence-corrected chi connectivity index (χ3v) is 5.01. The third-order valence-electron chi connectivity index (χ3n) is 4.75. The van der Waals surface area contributed by atoms with Gasteiger partial charge in [-0.15, -0.1) is 11.6 Å². The van der Waals surface area contributed by atoms with Crippen LogP contribution < -0.4 is 21.7 Å². The summed E-state index contributed by atoms with van der Waals surface area (Å²) in [6.07, 6.45) is 0.670. The average molecular weight is 469 g/mol.